The fourth-order valence-corrected chi connectivity index (χ4v) is 1.62. The van der Waals surface area contributed by atoms with E-state index < -0.39 is 0 Å². The molecule has 15 heavy (non-hydrogen) atoms. The van der Waals surface area contributed by atoms with Crippen LogP contribution < -0.4 is 9.47 Å². The molecule has 1 aromatic carbocycles. The van der Waals surface area contributed by atoms with Gasteiger partial charge in [0, 0.05) is 0 Å². The number of benzene rings is 1. The van der Waals surface area contributed by atoms with Gasteiger partial charge in [-0.05, 0) is 23.8 Å². The van der Waals surface area contributed by atoms with Crippen molar-refractivity contribution in [3.05, 3.63) is 35.9 Å². The van der Waals surface area contributed by atoms with Crippen molar-refractivity contribution in [2.24, 2.45) is 0 Å². The third-order valence-electron chi connectivity index (χ3n) is 2.37. The molecule has 0 amide bonds. The van der Waals surface area contributed by atoms with Gasteiger partial charge in [-0.2, -0.15) is 0 Å². The number of rotatable bonds is 1. The fourth-order valence-electron chi connectivity index (χ4n) is 1.62. The molecule has 1 atom stereocenters. The highest BCUT2D eigenvalue weighted by molar-refractivity contribution is 5.45. The molecule has 3 rings (SSSR count). The Morgan fingerprint density at radius 2 is 2.07 bits per heavy atom. The van der Waals surface area contributed by atoms with Gasteiger partial charge in [-0.15, -0.1) is 0 Å². The van der Waals surface area contributed by atoms with Gasteiger partial charge in [-0.25, -0.2) is 9.78 Å². The summed E-state index contributed by atoms with van der Waals surface area (Å²) in [7, 11) is 0. The summed E-state index contributed by atoms with van der Waals surface area (Å²) < 4.78 is 10.5. The van der Waals surface area contributed by atoms with Crippen LogP contribution in [0.25, 0.3) is 0 Å². The van der Waals surface area contributed by atoms with E-state index in [-0.39, 0.29) is 12.9 Å². The van der Waals surface area contributed by atoms with Gasteiger partial charge < -0.3 is 9.47 Å². The molecule has 0 spiro atoms. The zero-order chi connectivity index (χ0) is 10.1. The van der Waals surface area contributed by atoms with Gasteiger partial charge in [0.2, 0.25) is 6.79 Å². The summed E-state index contributed by atoms with van der Waals surface area (Å²) in [6, 6.07) is 5.73. The Balaban J connectivity index is 1.92. The van der Waals surface area contributed by atoms with Crippen molar-refractivity contribution in [2.75, 3.05) is 13.4 Å². The van der Waals surface area contributed by atoms with Crippen LogP contribution in [0.5, 0.6) is 11.5 Å². The van der Waals surface area contributed by atoms with E-state index in [1.807, 2.05) is 30.4 Å². The summed E-state index contributed by atoms with van der Waals surface area (Å²) in [4.78, 5) is 10.0. The summed E-state index contributed by atoms with van der Waals surface area (Å²) in [6.07, 6.45) is 3.73. The van der Waals surface area contributed by atoms with Gasteiger partial charge in [-0.3, -0.25) is 0 Å². The van der Waals surface area contributed by atoms with Gasteiger partial charge in [0.05, 0.1) is 0 Å². The molecule has 0 aliphatic carbocycles. The van der Waals surface area contributed by atoms with Crippen molar-refractivity contribution in [1.29, 1.82) is 0 Å². The monoisotopic (exact) mass is 206 g/mol. The van der Waals surface area contributed by atoms with E-state index in [9.17, 15) is 0 Å². The minimum atomic E-state index is -0.159. The maximum atomic E-state index is 5.29. The molecule has 0 saturated carbocycles. The van der Waals surface area contributed by atoms with E-state index in [4.69, 9.17) is 19.2 Å². The first kappa shape index (κ1) is 8.76. The smallest absolute Gasteiger partial charge is 0.231 e. The Kier molecular flexibility index (Phi) is 2.08. The van der Waals surface area contributed by atoms with Crippen LogP contribution in [0.2, 0.25) is 0 Å². The van der Waals surface area contributed by atoms with Crippen molar-refractivity contribution in [2.45, 2.75) is 6.10 Å². The molecular formula is C11H10O4. The second kappa shape index (κ2) is 3.56. The second-order valence-corrected chi connectivity index (χ2v) is 3.34. The zero-order valence-corrected chi connectivity index (χ0v) is 8.01. The lowest BCUT2D eigenvalue weighted by Gasteiger charge is -2.16. The van der Waals surface area contributed by atoms with Crippen LogP contribution in [-0.4, -0.2) is 13.4 Å². The minimum Gasteiger partial charge on any atom is -0.454 e. The third-order valence-corrected chi connectivity index (χ3v) is 2.37. The number of ether oxygens (including phenoxy) is 2. The predicted octanol–water partition coefficient (Wildman–Crippen LogP) is 1.97. The molecule has 0 saturated heterocycles. The summed E-state index contributed by atoms with van der Waals surface area (Å²) in [5, 5.41) is 0. The molecule has 1 aromatic rings. The molecule has 0 radical (unpaired) electrons. The van der Waals surface area contributed by atoms with E-state index in [0.717, 1.165) is 17.1 Å². The van der Waals surface area contributed by atoms with E-state index in [0.29, 0.717) is 6.61 Å². The predicted molar refractivity (Wildman–Crippen MR) is 51.5 cm³/mol. The molecular weight excluding hydrogens is 196 g/mol. The minimum absolute atomic E-state index is 0.159. The quantitative estimate of drug-likeness (QED) is 0.520. The molecule has 2 aliphatic heterocycles. The SMILES string of the molecule is C1=CC(c2ccc3c(c2)OCO3)OOC1. The average molecular weight is 206 g/mol. The highest BCUT2D eigenvalue weighted by atomic mass is 17.2. The first-order valence-electron chi connectivity index (χ1n) is 4.78. The second-order valence-electron chi connectivity index (χ2n) is 3.34. The van der Waals surface area contributed by atoms with Crippen molar-refractivity contribution in [1.82, 2.24) is 0 Å². The van der Waals surface area contributed by atoms with E-state index in [2.05, 4.69) is 0 Å². The Hall–Kier alpha value is -1.52. The van der Waals surface area contributed by atoms with Crippen molar-refractivity contribution in [3.63, 3.8) is 0 Å². The van der Waals surface area contributed by atoms with Gasteiger partial charge >= 0.3 is 0 Å². The average Bonchev–Trinajstić information content (AvgIpc) is 2.77. The Morgan fingerprint density at radius 1 is 1.13 bits per heavy atom. The van der Waals surface area contributed by atoms with Gasteiger partial charge in [0.1, 0.15) is 12.7 Å². The van der Waals surface area contributed by atoms with E-state index in [1.165, 1.54) is 0 Å². The number of hydrogen-bond acceptors (Lipinski definition) is 4. The summed E-state index contributed by atoms with van der Waals surface area (Å²) in [5.41, 5.74) is 0.996. The number of fused-ring (bicyclic) bond motifs is 1. The molecule has 2 aliphatic rings. The summed E-state index contributed by atoms with van der Waals surface area (Å²) >= 11 is 0. The lowest BCUT2D eigenvalue weighted by molar-refractivity contribution is -0.315. The van der Waals surface area contributed by atoms with Crippen molar-refractivity contribution >= 4 is 0 Å². The molecule has 0 bridgehead atoms. The van der Waals surface area contributed by atoms with E-state index in [1.54, 1.807) is 0 Å². The Labute approximate surface area is 86.9 Å². The third kappa shape index (κ3) is 1.58. The Bertz CT molecular complexity index is 400. The van der Waals surface area contributed by atoms with E-state index >= 15 is 0 Å². The van der Waals surface area contributed by atoms with Crippen LogP contribution in [0.4, 0.5) is 0 Å². The first-order chi connectivity index (χ1) is 7.43. The Morgan fingerprint density at radius 3 is 2.93 bits per heavy atom. The summed E-state index contributed by atoms with van der Waals surface area (Å²) in [5.74, 6) is 1.54. The lowest BCUT2D eigenvalue weighted by Crippen LogP contribution is -2.07. The lowest BCUT2D eigenvalue weighted by atomic mass is 10.1. The van der Waals surface area contributed by atoms with Crippen molar-refractivity contribution < 1.29 is 19.2 Å². The highest BCUT2D eigenvalue weighted by Gasteiger charge is 2.18. The van der Waals surface area contributed by atoms with Crippen LogP contribution in [0.15, 0.2) is 30.4 Å². The summed E-state index contributed by atoms with van der Waals surface area (Å²) in [6.45, 7) is 0.789. The van der Waals surface area contributed by atoms with Crippen LogP contribution in [0, 0.1) is 0 Å². The first-order valence-corrected chi connectivity index (χ1v) is 4.78. The topological polar surface area (TPSA) is 36.9 Å². The standard InChI is InChI=1S/C11H10O4/c1-2-9(15-14-5-1)8-3-4-10-11(6-8)13-7-12-10/h1-4,6,9H,5,7H2. The maximum absolute atomic E-state index is 5.29. The molecule has 78 valence electrons. The van der Waals surface area contributed by atoms with Gasteiger partial charge in [-0.1, -0.05) is 12.1 Å². The molecule has 1 unspecified atom stereocenters. The molecule has 2 heterocycles. The molecule has 0 fully saturated rings. The van der Waals surface area contributed by atoms with Crippen LogP contribution >= 0.6 is 0 Å². The number of hydrogen-bond donors (Lipinski definition) is 0. The molecule has 0 aromatic heterocycles. The van der Waals surface area contributed by atoms with Gasteiger partial charge in [0.25, 0.3) is 0 Å². The van der Waals surface area contributed by atoms with Crippen LogP contribution in [0.3, 0.4) is 0 Å². The fraction of sp³-hybridized carbons (Fsp3) is 0.273. The van der Waals surface area contributed by atoms with Crippen LogP contribution in [-0.2, 0) is 9.78 Å². The molecule has 4 nitrogen and oxygen atoms in total. The normalized spacial score (nSPS) is 23.1. The largest absolute Gasteiger partial charge is 0.454 e. The molecule has 4 heteroatoms. The van der Waals surface area contributed by atoms with Gasteiger partial charge in [0.15, 0.2) is 11.5 Å². The van der Waals surface area contributed by atoms with Crippen LogP contribution in [0.1, 0.15) is 11.7 Å². The maximum Gasteiger partial charge on any atom is 0.231 e. The zero-order valence-electron chi connectivity index (χ0n) is 8.01. The highest BCUT2D eigenvalue weighted by Crippen LogP contribution is 2.35. The van der Waals surface area contributed by atoms with Crippen molar-refractivity contribution in [3.8, 4) is 11.5 Å². The molecule has 0 N–H and O–H groups in total.